The quantitative estimate of drug-likeness (QED) is 0.132. The Balaban J connectivity index is 1.33. The van der Waals surface area contributed by atoms with Crippen LogP contribution in [0.4, 0.5) is 0 Å². The average molecular weight is 696 g/mol. The van der Waals surface area contributed by atoms with Gasteiger partial charge in [0.1, 0.15) is 18.6 Å². The highest BCUT2D eigenvalue weighted by molar-refractivity contribution is 8.13. The van der Waals surface area contributed by atoms with Crippen molar-refractivity contribution < 1.29 is 44.4 Å². The summed E-state index contributed by atoms with van der Waals surface area (Å²) in [6.07, 6.45) is 8.72. The molecule has 4 aliphatic rings. The molecule has 12 atom stereocenters. The van der Waals surface area contributed by atoms with Gasteiger partial charge in [-0.25, -0.2) is 0 Å². The molecule has 4 fully saturated rings. The van der Waals surface area contributed by atoms with Gasteiger partial charge in [0.05, 0.1) is 6.10 Å². The molecule has 0 aromatic carbocycles. The Hall–Kier alpha value is -2.22. The highest BCUT2D eigenvalue weighted by Gasteiger charge is 2.62. The van der Waals surface area contributed by atoms with E-state index < -0.39 is 42.4 Å². The van der Waals surface area contributed by atoms with Crippen LogP contribution in [0.2, 0.25) is 0 Å². The molecule has 0 aliphatic heterocycles. The summed E-state index contributed by atoms with van der Waals surface area (Å²) >= 11 is 0.927. The number of carboxylic acids is 2. The van der Waals surface area contributed by atoms with Crippen LogP contribution in [-0.2, 0) is 24.0 Å². The number of rotatable bonds is 15. The van der Waals surface area contributed by atoms with E-state index in [9.17, 15) is 34.2 Å². The number of aliphatic carboxylic acids is 2. The molecule has 4 aliphatic carbocycles. The SMILES string of the molecule is C[C@H](CCC(=O)SCC(NC(=O)CCC(N)C(=O)O)C(=O)NCC(=O)O)[C@H]1CCC2C3C(CO)C[C@@H]4C[C@H](O)CC[C@]4(C)C3CC[C@@]21C. The van der Waals surface area contributed by atoms with Gasteiger partial charge >= 0.3 is 11.9 Å². The fraction of sp³-hybridized carbons (Fsp3) is 0.857. The van der Waals surface area contributed by atoms with Crippen molar-refractivity contribution in [2.24, 2.45) is 58.0 Å². The number of carbonyl (C=O) groups excluding carboxylic acids is 3. The Morgan fingerprint density at radius 1 is 0.938 bits per heavy atom. The number of aliphatic hydroxyl groups excluding tert-OH is 2. The van der Waals surface area contributed by atoms with E-state index in [0.29, 0.717) is 48.3 Å². The highest BCUT2D eigenvalue weighted by atomic mass is 32.2. The van der Waals surface area contributed by atoms with Crippen LogP contribution in [0, 0.1) is 52.3 Å². The van der Waals surface area contributed by atoms with E-state index in [-0.39, 0.29) is 53.2 Å². The van der Waals surface area contributed by atoms with Gasteiger partial charge in [-0.3, -0.25) is 24.0 Å². The number of nitrogens with one attached hydrogen (secondary N) is 2. The number of nitrogens with two attached hydrogens (primary N) is 1. The summed E-state index contributed by atoms with van der Waals surface area (Å²) in [6.45, 7) is 6.69. The van der Waals surface area contributed by atoms with Gasteiger partial charge in [0.25, 0.3) is 0 Å². The van der Waals surface area contributed by atoms with Crippen LogP contribution in [0.5, 0.6) is 0 Å². The van der Waals surface area contributed by atoms with Crippen LogP contribution >= 0.6 is 11.8 Å². The first-order valence-electron chi connectivity index (χ1n) is 17.8. The van der Waals surface area contributed by atoms with Gasteiger partial charge < -0.3 is 36.8 Å². The van der Waals surface area contributed by atoms with E-state index in [2.05, 4.69) is 31.4 Å². The molecule has 0 heterocycles. The smallest absolute Gasteiger partial charge is 0.322 e. The first kappa shape index (κ1) is 38.6. The standard InChI is InChI=1S/C35H57N3O9S/c1-19(4-9-30(44)48-18-27(32(45)37-16-29(42)43)38-28(41)8-7-26(36)33(46)47)23-5-6-24-31-20(17-39)14-21-15-22(40)10-12-34(21,2)25(31)11-13-35(23,24)3/h19-27,31,39-40H,4-18,36H2,1-3H3,(H,37,45)(H,38,41)(H,42,43)(H,46,47)/t19-,20?,21-,22-,23-,24?,25?,26?,27?,31?,34+,35-/m1/s1. The molecular formula is C35H57N3O9S. The number of hydrogen-bond donors (Lipinski definition) is 7. The van der Waals surface area contributed by atoms with Crippen LogP contribution in [0.25, 0.3) is 0 Å². The van der Waals surface area contributed by atoms with E-state index in [1.54, 1.807) is 0 Å². The predicted molar refractivity (Wildman–Crippen MR) is 180 cm³/mol. The third-order valence-corrected chi connectivity index (χ3v) is 14.1. The van der Waals surface area contributed by atoms with Crippen molar-refractivity contribution in [3.05, 3.63) is 0 Å². The molecule has 12 nitrogen and oxygen atoms in total. The lowest BCUT2D eigenvalue weighted by molar-refractivity contribution is -0.160. The van der Waals surface area contributed by atoms with Gasteiger partial charge in [0.15, 0.2) is 5.12 Å². The largest absolute Gasteiger partial charge is 0.480 e. The molecule has 0 aromatic heterocycles. The maximum atomic E-state index is 13.1. The van der Waals surface area contributed by atoms with Crippen molar-refractivity contribution in [2.45, 2.75) is 116 Å². The molecule has 4 rings (SSSR count). The summed E-state index contributed by atoms with van der Waals surface area (Å²) in [5.41, 5.74) is 5.83. The van der Waals surface area contributed by atoms with Crippen LogP contribution in [0.1, 0.15) is 97.8 Å². The lowest BCUT2D eigenvalue weighted by Gasteiger charge is -2.63. The molecule has 0 saturated heterocycles. The van der Waals surface area contributed by atoms with Crippen molar-refractivity contribution in [3.63, 3.8) is 0 Å². The molecule has 0 bridgehead atoms. The fourth-order valence-corrected chi connectivity index (χ4v) is 11.4. The van der Waals surface area contributed by atoms with Crippen molar-refractivity contribution >= 4 is 40.6 Å². The first-order valence-corrected chi connectivity index (χ1v) is 18.8. The molecule has 8 N–H and O–H groups in total. The highest BCUT2D eigenvalue weighted by Crippen LogP contribution is 2.69. The summed E-state index contributed by atoms with van der Waals surface area (Å²) in [6, 6.07) is -2.40. The van der Waals surface area contributed by atoms with Crippen molar-refractivity contribution in [3.8, 4) is 0 Å². The Morgan fingerprint density at radius 2 is 1.62 bits per heavy atom. The minimum absolute atomic E-state index is 0.0823. The van der Waals surface area contributed by atoms with Gasteiger partial charge in [0.2, 0.25) is 11.8 Å². The zero-order chi connectivity index (χ0) is 35.4. The van der Waals surface area contributed by atoms with E-state index in [4.69, 9.17) is 15.9 Å². The molecule has 272 valence electrons. The molecule has 48 heavy (non-hydrogen) atoms. The van der Waals surface area contributed by atoms with Crippen molar-refractivity contribution in [1.82, 2.24) is 10.6 Å². The van der Waals surface area contributed by atoms with E-state index in [1.165, 1.54) is 0 Å². The van der Waals surface area contributed by atoms with Crippen LogP contribution in [0.15, 0.2) is 0 Å². The minimum atomic E-state index is -1.25. The Kier molecular flexibility index (Phi) is 13.0. The molecule has 2 amide bonds. The summed E-state index contributed by atoms with van der Waals surface area (Å²) < 4.78 is 0. The summed E-state index contributed by atoms with van der Waals surface area (Å²) in [4.78, 5) is 60.1. The Bertz CT molecular complexity index is 1200. The van der Waals surface area contributed by atoms with E-state index in [0.717, 1.165) is 63.1 Å². The number of thioether (sulfide) groups is 1. The maximum Gasteiger partial charge on any atom is 0.322 e. The normalized spacial score (nSPS) is 36.0. The van der Waals surface area contributed by atoms with Gasteiger partial charge in [-0.05, 0) is 116 Å². The molecule has 4 saturated carbocycles. The van der Waals surface area contributed by atoms with Gasteiger partial charge in [-0.15, -0.1) is 0 Å². The second kappa shape index (κ2) is 16.2. The van der Waals surface area contributed by atoms with Crippen LogP contribution in [0.3, 0.4) is 0 Å². The molecule has 0 spiro atoms. The third-order valence-electron chi connectivity index (χ3n) is 13.1. The fourth-order valence-electron chi connectivity index (χ4n) is 10.5. The monoisotopic (exact) mass is 695 g/mol. The van der Waals surface area contributed by atoms with Crippen LogP contribution < -0.4 is 16.4 Å². The predicted octanol–water partition coefficient (Wildman–Crippen LogP) is 2.78. The zero-order valence-electron chi connectivity index (χ0n) is 28.7. The van der Waals surface area contributed by atoms with Gasteiger partial charge in [-0.1, -0.05) is 32.5 Å². The number of hydrogen-bond acceptors (Lipinski definition) is 9. The second-order valence-corrected chi connectivity index (χ2v) is 16.8. The number of amides is 2. The molecule has 6 unspecified atom stereocenters. The summed E-state index contributed by atoms with van der Waals surface area (Å²) in [5, 5.41) is 43.5. The second-order valence-electron chi connectivity index (χ2n) is 15.7. The minimum Gasteiger partial charge on any atom is -0.480 e. The van der Waals surface area contributed by atoms with E-state index in [1.807, 2.05) is 0 Å². The summed E-state index contributed by atoms with van der Waals surface area (Å²) in [5.74, 6) is -0.845. The lowest BCUT2D eigenvalue weighted by Crippen LogP contribution is -2.57. The third kappa shape index (κ3) is 8.55. The van der Waals surface area contributed by atoms with Gasteiger partial charge in [0, 0.05) is 25.2 Å². The topological polar surface area (TPSA) is 216 Å². The Morgan fingerprint density at radius 3 is 2.29 bits per heavy atom. The first-order chi connectivity index (χ1) is 22.6. The van der Waals surface area contributed by atoms with Crippen LogP contribution in [-0.4, -0.2) is 86.4 Å². The molecule has 13 heteroatoms. The van der Waals surface area contributed by atoms with Crippen molar-refractivity contribution in [1.29, 1.82) is 0 Å². The molecular weight excluding hydrogens is 638 g/mol. The number of carbonyl (C=O) groups is 5. The molecule has 0 aromatic rings. The van der Waals surface area contributed by atoms with Gasteiger partial charge in [-0.2, -0.15) is 0 Å². The van der Waals surface area contributed by atoms with E-state index >= 15 is 0 Å². The Labute approximate surface area is 288 Å². The maximum absolute atomic E-state index is 13.1. The summed E-state index contributed by atoms with van der Waals surface area (Å²) in [7, 11) is 0. The molecule has 0 radical (unpaired) electrons. The zero-order valence-corrected chi connectivity index (χ0v) is 29.5. The lowest BCUT2D eigenvalue weighted by atomic mass is 9.42. The number of carboxylic acid groups (broad SMARTS) is 2. The number of fused-ring (bicyclic) bond motifs is 5. The average Bonchev–Trinajstić information content (AvgIpc) is 3.40. The van der Waals surface area contributed by atoms with Crippen molar-refractivity contribution in [2.75, 3.05) is 18.9 Å². The number of aliphatic hydroxyl groups is 2.